The van der Waals surface area contributed by atoms with Gasteiger partial charge in [0.25, 0.3) is 0 Å². The predicted molar refractivity (Wildman–Crippen MR) is 73.0 cm³/mol. The maximum absolute atomic E-state index is 10.9. The van der Waals surface area contributed by atoms with Gasteiger partial charge in [0.05, 0.1) is 0 Å². The zero-order valence-electron chi connectivity index (χ0n) is 12.2. The second-order valence-corrected chi connectivity index (χ2v) is 4.66. The monoisotopic (exact) mass is 260 g/mol. The Morgan fingerprint density at radius 1 is 1.22 bits per heavy atom. The summed E-state index contributed by atoms with van der Waals surface area (Å²) in [6.45, 7) is 8.17. The van der Waals surface area contributed by atoms with Gasteiger partial charge in [-0.05, 0) is 53.5 Å². The van der Waals surface area contributed by atoms with E-state index >= 15 is 0 Å². The average molecular weight is 260 g/mol. The van der Waals surface area contributed by atoms with Crippen LogP contribution >= 0.6 is 0 Å². The highest BCUT2D eigenvalue weighted by Gasteiger charge is 2.18. The average Bonchev–Trinajstić information content (AvgIpc) is 2.31. The summed E-state index contributed by atoms with van der Waals surface area (Å²) in [5.41, 5.74) is 0. The maximum atomic E-state index is 10.9. The number of aliphatic carboxylic acids is 1. The van der Waals surface area contributed by atoms with E-state index in [9.17, 15) is 4.79 Å². The van der Waals surface area contributed by atoms with Crippen molar-refractivity contribution in [2.24, 2.45) is 0 Å². The Bertz CT molecular complexity index is 222. The first-order valence-corrected chi connectivity index (χ1v) is 6.72. The largest absolute Gasteiger partial charge is 0.479 e. The van der Waals surface area contributed by atoms with E-state index in [0.717, 1.165) is 32.6 Å². The molecular formula is C13H28N2O3. The van der Waals surface area contributed by atoms with Crippen LogP contribution < -0.4 is 0 Å². The highest BCUT2D eigenvalue weighted by molar-refractivity contribution is 5.72. The lowest BCUT2D eigenvalue weighted by molar-refractivity contribution is -0.150. The molecule has 0 bridgehead atoms. The third kappa shape index (κ3) is 8.44. The smallest absolute Gasteiger partial charge is 0.332 e. The molecule has 0 heterocycles. The number of nitrogens with zero attached hydrogens (tertiary/aromatic N) is 2. The molecule has 0 radical (unpaired) electrons. The Morgan fingerprint density at radius 2 is 1.89 bits per heavy atom. The number of carboxylic acid groups (broad SMARTS) is 1. The number of carboxylic acids is 1. The van der Waals surface area contributed by atoms with Gasteiger partial charge in [0.1, 0.15) is 0 Å². The summed E-state index contributed by atoms with van der Waals surface area (Å²) < 4.78 is 5.21. The van der Waals surface area contributed by atoms with Crippen molar-refractivity contribution in [3.63, 3.8) is 0 Å². The lowest BCUT2D eigenvalue weighted by Gasteiger charge is -2.23. The van der Waals surface area contributed by atoms with Crippen molar-refractivity contribution in [3.8, 4) is 0 Å². The molecule has 108 valence electrons. The van der Waals surface area contributed by atoms with Crippen molar-refractivity contribution in [1.82, 2.24) is 9.80 Å². The van der Waals surface area contributed by atoms with Crippen LogP contribution in [0.4, 0.5) is 0 Å². The molecule has 1 atom stereocenters. The van der Waals surface area contributed by atoms with Crippen LogP contribution in [0.3, 0.4) is 0 Å². The summed E-state index contributed by atoms with van der Waals surface area (Å²) in [6.07, 6.45) is 0.990. The Kier molecular flexibility index (Phi) is 9.92. The van der Waals surface area contributed by atoms with Gasteiger partial charge in [0.2, 0.25) is 0 Å². The van der Waals surface area contributed by atoms with Gasteiger partial charge in [0.15, 0.2) is 6.10 Å². The summed E-state index contributed by atoms with van der Waals surface area (Å²) in [7, 11) is 4.12. The Morgan fingerprint density at radius 3 is 2.33 bits per heavy atom. The summed E-state index contributed by atoms with van der Waals surface area (Å²) in [6, 6.07) is 0. The van der Waals surface area contributed by atoms with E-state index in [1.54, 1.807) is 0 Å². The lowest BCUT2D eigenvalue weighted by atomic mass is 10.2. The maximum Gasteiger partial charge on any atom is 0.332 e. The van der Waals surface area contributed by atoms with Crippen molar-refractivity contribution in [1.29, 1.82) is 0 Å². The molecule has 0 fully saturated rings. The molecule has 0 saturated heterocycles. The van der Waals surface area contributed by atoms with Crippen LogP contribution in [0.2, 0.25) is 0 Å². The van der Waals surface area contributed by atoms with Gasteiger partial charge in [-0.1, -0.05) is 6.92 Å². The third-order valence-corrected chi connectivity index (χ3v) is 2.88. The van der Waals surface area contributed by atoms with Gasteiger partial charge in [-0.3, -0.25) is 0 Å². The fourth-order valence-corrected chi connectivity index (χ4v) is 1.82. The minimum absolute atomic E-state index is 0.448. The van der Waals surface area contributed by atoms with Crippen molar-refractivity contribution in [3.05, 3.63) is 0 Å². The fraction of sp³-hybridized carbons (Fsp3) is 0.923. The first-order chi connectivity index (χ1) is 8.51. The first kappa shape index (κ1) is 17.4. The summed E-state index contributed by atoms with van der Waals surface area (Å²) in [5.74, 6) is -0.860. The van der Waals surface area contributed by atoms with E-state index in [1.807, 2.05) is 6.92 Å². The first-order valence-electron chi connectivity index (χ1n) is 6.72. The van der Waals surface area contributed by atoms with E-state index in [0.29, 0.717) is 13.0 Å². The van der Waals surface area contributed by atoms with E-state index in [2.05, 4.69) is 30.8 Å². The molecule has 0 aliphatic rings. The molecule has 0 saturated carbocycles. The molecule has 0 aromatic heterocycles. The van der Waals surface area contributed by atoms with Gasteiger partial charge >= 0.3 is 5.97 Å². The third-order valence-electron chi connectivity index (χ3n) is 2.88. The van der Waals surface area contributed by atoms with Crippen molar-refractivity contribution in [2.75, 3.05) is 46.9 Å². The second-order valence-electron chi connectivity index (χ2n) is 4.66. The van der Waals surface area contributed by atoms with Crippen LogP contribution in [0.25, 0.3) is 0 Å². The van der Waals surface area contributed by atoms with Crippen LogP contribution in [-0.4, -0.2) is 73.9 Å². The lowest BCUT2D eigenvalue weighted by Crippen LogP contribution is -2.33. The van der Waals surface area contributed by atoms with Crippen LogP contribution in [-0.2, 0) is 9.53 Å². The molecular weight excluding hydrogens is 232 g/mol. The molecule has 0 aliphatic carbocycles. The molecule has 0 aromatic carbocycles. The zero-order valence-corrected chi connectivity index (χ0v) is 12.2. The number of ether oxygens (including phenoxy) is 1. The molecule has 1 N–H and O–H groups in total. The number of hydrogen-bond donors (Lipinski definition) is 1. The van der Waals surface area contributed by atoms with Crippen molar-refractivity contribution in [2.45, 2.75) is 32.8 Å². The normalized spacial score (nSPS) is 13.2. The van der Waals surface area contributed by atoms with Gasteiger partial charge in [-0.25, -0.2) is 4.79 Å². The summed E-state index contributed by atoms with van der Waals surface area (Å²) >= 11 is 0. The Labute approximate surface area is 111 Å². The predicted octanol–water partition coefficient (Wildman–Crippen LogP) is 1.14. The zero-order chi connectivity index (χ0) is 14.0. The summed E-state index contributed by atoms with van der Waals surface area (Å²) in [5, 5.41) is 8.99. The Hall–Kier alpha value is -0.650. The second kappa shape index (κ2) is 10.3. The van der Waals surface area contributed by atoms with Gasteiger partial charge in [0, 0.05) is 13.2 Å². The van der Waals surface area contributed by atoms with E-state index in [-0.39, 0.29) is 0 Å². The minimum Gasteiger partial charge on any atom is -0.479 e. The van der Waals surface area contributed by atoms with Crippen molar-refractivity contribution < 1.29 is 14.6 Å². The van der Waals surface area contributed by atoms with Gasteiger partial charge < -0.3 is 19.6 Å². The molecule has 0 aromatic rings. The fourth-order valence-electron chi connectivity index (χ4n) is 1.82. The number of rotatable bonds is 11. The molecule has 18 heavy (non-hydrogen) atoms. The SMILES string of the molecule is CCOC(CCN(CC)CCCN(C)C)C(=O)O. The van der Waals surface area contributed by atoms with Crippen LogP contribution in [0.1, 0.15) is 26.7 Å². The molecule has 0 amide bonds. The van der Waals surface area contributed by atoms with Crippen LogP contribution in [0.15, 0.2) is 0 Å². The van der Waals surface area contributed by atoms with Crippen molar-refractivity contribution >= 4 is 5.97 Å². The number of carbonyl (C=O) groups is 1. The van der Waals surface area contributed by atoms with Gasteiger partial charge in [-0.2, -0.15) is 0 Å². The van der Waals surface area contributed by atoms with Gasteiger partial charge in [-0.15, -0.1) is 0 Å². The van der Waals surface area contributed by atoms with Crippen LogP contribution in [0, 0.1) is 0 Å². The minimum atomic E-state index is -0.860. The molecule has 1 unspecified atom stereocenters. The van der Waals surface area contributed by atoms with E-state index < -0.39 is 12.1 Å². The van der Waals surface area contributed by atoms with E-state index in [1.165, 1.54) is 0 Å². The Balaban J connectivity index is 3.92. The standard InChI is InChI=1S/C13H28N2O3/c1-5-15(10-7-9-14(3)4)11-8-12(13(16)17)18-6-2/h12H,5-11H2,1-4H3,(H,16,17). The van der Waals surface area contributed by atoms with Crippen LogP contribution in [0.5, 0.6) is 0 Å². The summed E-state index contributed by atoms with van der Waals surface area (Å²) in [4.78, 5) is 15.4. The molecule has 5 heteroatoms. The molecule has 0 aliphatic heterocycles. The quantitative estimate of drug-likeness (QED) is 0.604. The molecule has 0 spiro atoms. The molecule has 5 nitrogen and oxygen atoms in total. The highest BCUT2D eigenvalue weighted by Crippen LogP contribution is 2.03. The number of hydrogen-bond acceptors (Lipinski definition) is 4. The topological polar surface area (TPSA) is 53.0 Å². The highest BCUT2D eigenvalue weighted by atomic mass is 16.5. The van der Waals surface area contributed by atoms with E-state index in [4.69, 9.17) is 9.84 Å². The molecule has 0 rings (SSSR count).